The molecule has 0 radical (unpaired) electrons. The molecule has 10 heteroatoms. The molecule has 0 aromatic heterocycles. The Labute approximate surface area is 161 Å². The molecule has 0 unspecified atom stereocenters. The molecule has 0 aliphatic carbocycles. The zero-order valence-corrected chi connectivity index (χ0v) is 15.5. The molecule has 0 saturated carbocycles. The van der Waals surface area contributed by atoms with Gasteiger partial charge in [0.05, 0.1) is 13.2 Å². The summed E-state index contributed by atoms with van der Waals surface area (Å²) >= 11 is 0. The topological polar surface area (TPSA) is 112 Å². The zero-order valence-electron chi connectivity index (χ0n) is 15.5. The van der Waals surface area contributed by atoms with Crippen molar-refractivity contribution in [3.05, 3.63) is 60.7 Å². The molecule has 0 heterocycles. The Kier molecular flexibility index (Phi) is 9.07. The second-order valence-electron chi connectivity index (χ2n) is 4.77. The van der Waals surface area contributed by atoms with Crippen LogP contribution in [0.5, 0.6) is 0 Å². The van der Waals surface area contributed by atoms with Crippen LogP contribution < -0.4 is 0 Å². The second-order valence-corrected chi connectivity index (χ2v) is 4.77. The Hall–Kier alpha value is -3.50. The highest BCUT2D eigenvalue weighted by atomic mass is 17.0. The van der Waals surface area contributed by atoms with Gasteiger partial charge in [0.2, 0.25) is 0 Å². The van der Waals surface area contributed by atoms with Crippen molar-refractivity contribution in [3.8, 4) is 0 Å². The number of nitrogens with zero attached hydrogens (tertiary/aromatic N) is 2. The van der Waals surface area contributed by atoms with Crippen LogP contribution >= 0.6 is 0 Å². The molecule has 0 aliphatic rings. The average molecular weight is 392 g/mol. The van der Waals surface area contributed by atoms with Crippen LogP contribution in [0.3, 0.4) is 0 Å². The van der Waals surface area contributed by atoms with Crippen LogP contribution in [-0.2, 0) is 28.9 Å². The predicted octanol–water partition coefficient (Wildman–Crippen LogP) is 1.76. The Bertz CT molecular complexity index is 681. The molecule has 0 saturated heterocycles. The molecular weight excluding hydrogens is 372 g/mol. The van der Waals surface area contributed by atoms with E-state index in [9.17, 15) is 19.2 Å². The first-order chi connectivity index (χ1) is 13.4. The minimum atomic E-state index is -0.884. The summed E-state index contributed by atoms with van der Waals surface area (Å²) < 4.78 is 0. The lowest BCUT2D eigenvalue weighted by molar-refractivity contribution is -0.303. The van der Waals surface area contributed by atoms with Crippen LogP contribution in [0.2, 0.25) is 0 Å². The highest BCUT2D eigenvalue weighted by molar-refractivity contribution is 5.97. The van der Waals surface area contributed by atoms with E-state index in [1.54, 1.807) is 13.8 Å². The van der Waals surface area contributed by atoms with E-state index in [0.29, 0.717) is 10.5 Å². The Morgan fingerprint density at radius 1 is 0.786 bits per heavy atom. The number of amides is 2. The number of rotatable bonds is 8. The number of hydroxylamine groups is 4. The fraction of sp³-hybridized carbons (Fsp3) is 0.222. The molecule has 0 spiro atoms. The lowest BCUT2D eigenvalue weighted by Crippen LogP contribution is -2.34. The molecule has 0 aliphatic heterocycles. The van der Waals surface area contributed by atoms with Crippen LogP contribution in [-0.4, -0.2) is 47.4 Å². The number of carbonyl (C=O) groups is 4. The van der Waals surface area contributed by atoms with Gasteiger partial charge in [0, 0.05) is 23.3 Å². The molecule has 28 heavy (non-hydrogen) atoms. The van der Waals surface area contributed by atoms with Crippen LogP contribution in [0.1, 0.15) is 34.6 Å². The Morgan fingerprint density at radius 2 is 1.11 bits per heavy atom. The third-order valence-electron chi connectivity index (χ3n) is 2.88. The van der Waals surface area contributed by atoms with Gasteiger partial charge in [-0.2, -0.15) is 0 Å². The zero-order chi connectivity index (χ0) is 21.1. The largest absolute Gasteiger partial charge is 0.358 e. The van der Waals surface area contributed by atoms with Crippen LogP contribution in [0.4, 0.5) is 0 Å². The van der Waals surface area contributed by atoms with Crippen molar-refractivity contribution in [2.45, 2.75) is 13.8 Å². The molecule has 0 N–H and O–H groups in total. The van der Waals surface area contributed by atoms with Gasteiger partial charge in [0.1, 0.15) is 0 Å². The smallest absolute Gasteiger partial charge is 0.307 e. The summed E-state index contributed by atoms with van der Waals surface area (Å²) in [6.07, 6.45) is 1.74. The maximum atomic E-state index is 12.4. The average Bonchev–Trinajstić information content (AvgIpc) is 2.71. The van der Waals surface area contributed by atoms with Gasteiger partial charge in [-0.1, -0.05) is 13.2 Å². The summed E-state index contributed by atoms with van der Waals surface area (Å²) in [7, 11) is 0. The van der Waals surface area contributed by atoms with Crippen LogP contribution in [0.15, 0.2) is 49.6 Å². The Balaban J connectivity index is 2.98. The van der Waals surface area contributed by atoms with Crippen molar-refractivity contribution in [3.63, 3.8) is 0 Å². The van der Waals surface area contributed by atoms with Gasteiger partial charge in [-0.3, -0.25) is 9.59 Å². The monoisotopic (exact) mass is 392 g/mol. The first-order valence-corrected chi connectivity index (χ1v) is 8.11. The van der Waals surface area contributed by atoms with E-state index in [1.165, 1.54) is 24.3 Å². The van der Waals surface area contributed by atoms with Gasteiger partial charge in [-0.05, 0) is 48.6 Å². The highest BCUT2D eigenvalue weighted by Gasteiger charge is 2.23. The summed E-state index contributed by atoms with van der Waals surface area (Å²) in [5, 5.41) is 0.832. The Morgan fingerprint density at radius 3 is 1.36 bits per heavy atom. The van der Waals surface area contributed by atoms with Crippen LogP contribution in [0.25, 0.3) is 0 Å². The molecule has 1 aromatic rings. The molecule has 10 nitrogen and oxygen atoms in total. The number of benzene rings is 1. The van der Waals surface area contributed by atoms with Crippen molar-refractivity contribution in [1.29, 1.82) is 0 Å². The minimum absolute atomic E-state index is 0.0602. The molecule has 1 aromatic carbocycles. The third kappa shape index (κ3) is 6.34. The fourth-order valence-corrected chi connectivity index (χ4v) is 1.69. The summed E-state index contributed by atoms with van der Waals surface area (Å²) in [6, 6.07) is 5.18. The highest BCUT2D eigenvalue weighted by Crippen LogP contribution is 2.12. The van der Waals surface area contributed by atoms with E-state index in [1.807, 2.05) is 0 Å². The molecule has 0 bridgehead atoms. The number of hydrogen-bond donors (Lipinski definition) is 0. The third-order valence-corrected chi connectivity index (χ3v) is 2.88. The van der Waals surface area contributed by atoms with E-state index in [4.69, 9.17) is 19.4 Å². The van der Waals surface area contributed by atoms with Gasteiger partial charge in [-0.25, -0.2) is 19.3 Å². The molecule has 150 valence electrons. The predicted molar refractivity (Wildman–Crippen MR) is 94.6 cm³/mol. The molecule has 0 fully saturated rings. The van der Waals surface area contributed by atoms with E-state index in [2.05, 4.69) is 13.2 Å². The minimum Gasteiger partial charge on any atom is -0.307 e. The summed E-state index contributed by atoms with van der Waals surface area (Å²) in [4.78, 5) is 66.7. The second kappa shape index (κ2) is 11.3. The van der Waals surface area contributed by atoms with Crippen molar-refractivity contribution in [1.82, 2.24) is 10.5 Å². The summed E-state index contributed by atoms with van der Waals surface area (Å²) in [5.41, 5.74) is 0.126. The summed E-state index contributed by atoms with van der Waals surface area (Å²) in [5.74, 6) is -3.33. The SMILES string of the molecule is C=CC(=O)ON(OCC)C(=O)c1ccc(C(=O)N(OCC)OC(=O)C=C)cc1. The van der Waals surface area contributed by atoms with Gasteiger partial charge in [-0.15, -0.1) is 0 Å². The van der Waals surface area contributed by atoms with E-state index >= 15 is 0 Å². The lowest BCUT2D eigenvalue weighted by atomic mass is 10.1. The summed E-state index contributed by atoms with van der Waals surface area (Å²) in [6.45, 7) is 9.77. The molecule has 1 rings (SSSR count). The van der Waals surface area contributed by atoms with Gasteiger partial charge >= 0.3 is 23.8 Å². The van der Waals surface area contributed by atoms with Crippen LogP contribution in [0, 0.1) is 0 Å². The molecule has 2 amide bonds. The molecule has 0 atom stereocenters. The van der Waals surface area contributed by atoms with Crippen molar-refractivity contribution in [2.24, 2.45) is 0 Å². The lowest BCUT2D eigenvalue weighted by Gasteiger charge is -2.19. The standard InChI is InChI=1S/C18H20N2O8/c1-5-15(21)27-19(25-7-3)17(23)13-9-11-14(12-10-13)18(24)20(26-8-4)28-16(22)6-2/h5-6,9-12H,1-2,7-8H2,3-4H3. The first kappa shape index (κ1) is 22.5. The van der Waals surface area contributed by atoms with E-state index in [0.717, 1.165) is 12.2 Å². The normalized spacial score (nSPS) is 9.79. The maximum Gasteiger partial charge on any atom is 0.358 e. The quantitative estimate of drug-likeness (QED) is 0.486. The van der Waals surface area contributed by atoms with Gasteiger partial charge in [0.15, 0.2) is 0 Å². The van der Waals surface area contributed by atoms with Gasteiger partial charge in [0.25, 0.3) is 0 Å². The van der Waals surface area contributed by atoms with E-state index < -0.39 is 23.8 Å². The maximum absolute atomic E-state index is 12.4. The van der Waals surface area contributed by atoms with Crippen molar-refractivity contribution < 1.29 is 38.5 Å². The fourth-order valence-electron chi connectivity index (χ4n) is 1.69. The van der Waals surface area contributed by atoms with Gasteiger partial charge < -0.3 is 9.68 Å². The van der Waals surface area contributed by atoms with E-state index in [-0.39, 0.29) is 24.3 Å². The first-order valence-electron chi connectivity index (χ1n) is 8.11. The van der Waals surface area contributed by atoms with Crippen molar-refractivity contribution >= 4 is 23.8 Å². The molecular formula is C18H20N2O8. The number of hydrogen-bond acceptors (Lipinski definition) is 8. The van der Waals surface area contributed by atoms with Crippen molar-refractivity contribution in [2.75, 3.05) is 13.2 Å². The number of carbonyl (C=O) groups excluding carboxylic acids is 4.